The van der Waals surface area contributed by atoms with E-state index in [1.54, 1.807) is 24.3 Å². The Morgan fingerprint density at radius 3 is 3.00 bits per heavy atom. The summed E-state index contributed by atoms with van der Waals surface area (Å²) in [5.41, 5.74) is 2.21. The molecule has 1 amide bonds. The minimum atomic E-state index is -0.620. The molecule has 3 rings (SSSR count). The molecule has 0 saturated carbocycles. The number of anilines is 1. The molecule has 0 bridgehead atoms. The number of carbonyl (C=O) groups is 1. The molecule has 0 saturated heterocycles. The smallest absolute Gasteiger partial charge is 0.421 e. The second-order valence-corrected chi connectivity index (χ2v) is 5.03. The predicted octanol–water partition coefficient (Wildman–Crippen LogP) is 1.95. The van der Waals surface area contributed by atoms with E-state index in [2.05, 4.69) is 10.3 Å². The van der Waals surface area contributed by atoms with E-state index in [0.717, 1.165) is 5.56 Å². The van der Waals surface area contributed by atoms with Crippen molar-refractivity contribution < 1.29 is 13.9 Å². The highest BCUT2D eigenvalue weighted by Crippen LogP contribution is 2.25. The normalized spacial score (nSPS) is 10.7. The van der Waals surface area contributed by atoms with Crippen LogP contribution >= 0.6 is 0 Å². The van der Waals surface area contributed by atoms with Gasteiger partial charge in [0.05, 0.1) is 12.8 Å². The predicted molar refractivity (Wildman–Crippen MR) is 84.6 cm³/mol. The van der Waals surface area contributed by atoms with Crippen molar-refractivity contribution in [2.45, 2.75) is 13.5 Å². The van der Waals surface area contributed by atoms with Crippen LogP contribution in [0.5, 0.6) is 5.75 Å². The molecule has 0 spiro atoms. The van der Waals surface area contributed by atoms with Crippen LogP contribution in [0.25, 0.3) is 11.2 Å². The molecular formula is C16H15N3O4. The zero-order valence-corrected chi connectivity index (χ0v) is 12.7. The lowest BCUT2D eigenvalue weighted by molar-refractivity contribution is -0.116. The SMILES string of the molecule is COc1ccc(C)cc1NC(=O)Cn1c(=O)oc2cccnc21. The monoisotopic (exact) mass is 313 g/mol. The van der Waals surface area contributed by atoms with Crippen LogP contribution in [0.1, 0.15) is 5.56 Å². The first-order valence-electron chi connectivity index (χ1n) is 6.97. The second-order valence-electron chi connectivity index (χ2n) is 5.03. The summed E-state index contributed by atoms with van der Waals surface area (Å²) < 4.78 is 11.5. The highest BCUT2D eigenvalue weighted by atomic mass is 16.5. The van der Waals surface area contributed by atoms with E-state index in [9.17, 15) is 9.59 Å². The van der Waals surface area contributed by atoms with Crippen LogP contribution in [0.4, 0.5) is 5.69 Å². The van der Waals surface area contributed by atoms with Gasteiger partial charge >= 0.3 is 5.76 Å². The fraction of sp³-hybridized carbons (Fsp3) is 0.188. The van der Waals surface area contributed by atoms with Crippen molar-refractivity contribution in [3.8, 4) is 5.75 Å². The minimum absolute atomic E-state index is 0.195. The molecule has 0 atom stereocenters. The van der Waals surface area contributed by atoms with E-state index in [0.29, 0.717) is 22.7 Å². The number of methoxy groups -OCH3 is 1. The van der Waals surface area contributed by atoms with Gasteiger partial charge in [0, 0.05) is 6.20 Å². The summed E-state index contributed by atoms with van der Waals surface area (Å²) in [7, 11) is 1.53. The number of oxazole rings is 1. The molecule has 1 N–H and O–H groups in total. The third-order valence-corrected chi connectivity index (χ3v) is 3.35. The first kappa shape index (κ1) is 14.8. The number of hydrogen-bond acceptors (Lipinski definition) is 5. The third kappa shape index (κ3) is 2.94. The minimum Gasteiger partial charge on any atom is -0.495 e. The lowest BCUT2D eigenvalue weighted by Gasteiger charge is -2.11. The summed E-state index contributed by atoms with van der Waals surface area (Å²) >= 11 is 0. The number of pyridine rings is 1. The summed E-state index contributed by atoms with van der Waals surface area (Å²) in [6.45, 7) is 1.72. The van der Waals surface area contributed by atoms with E-state index in [1.165, 1.54) is 17.9 Å². The van der Waals surface area contributed by atoms with Crippen LogP contribution in [-0.4, -0.2) is 22.6 Å². The zero-order valence-electron chi connectivity index (χ0n) is 12.7. The number of aryl methyl sites for hydroxylation is 1. The molecule has 7 nitrogen and oxygen atoms in total. The van der Waals surface area contributed by atoms with Gasteiger partial charge in [0.2, 0.25) is 5.91 Å². The van der Waals surface area contributed by atoms with Crippen LogP contribution in [0.15, 0.2) is 45.7 Å². The van der Waals surface area contributed by atoms with E-state index < -0.39 is 5.76 Å². The Labute approximate surface area is 131 Å². The highest BCUT2D eigenvalue weighted by molar-refractivity contribution is 5.92. The summed E-state index contributed by atoms with van der Waals surface area (Å²) in [6, 6.07) is 8.73. The third-order valence-electron chi connectivity index (χ3n) is 3.35. The van der Waals surface area contributed by atoms with Crippen LogP contribution in [0.2, 0.25) is 0 Å². The molecule has 7 heteroatoms. The number of fused-ring (bicyclic) bond motifs is 1. The van der Waals surface area contributed by atoms with Gasteiger partial charge in [-0.25, -0.2) is 14.3 Å². The van der Waals surface area contributed by atoms with Gasteiger partial charge in [0.1, 0.15) is 12.3 Å². The number of nitrogens with zero attached hydrogens (tertiary/aromatic N) is 2. The molecule has 0 unspecified atom stereocenters. The molecule has 0 radical (unpaired) electrons. The number of aromatic nitrogens is 2. The number of amides is 1. The van der Waals surface area contributed by atoms with Gasteiger partial charge < -0.3 is 14.5 Å². The van der Waals surface area contributed by atoms with E-state index >= 15 is 0 Å². The Morgan fingerprint density at radius 2 is 2.22 bits per heavy atom. The summed E-state index contributed by atoms with van der Waals surface area (Å²) in [5, 5.41) is 2.74. The molecule has 23 heavy (non-hydrogen) atoms. The summed E-state index contributed by atoms with van der Waals surface area (Å²) in [6.07, 6.45) is 1.54. The molecule has 3 aromatic rings. The zero-order chi connectivity index (χ0) is 16.4. The number of hydrogen-bond donors (Lipinski definition) is 1. The summed E-state index contributed by atoms with van der Waals surface area (Å²) in [5.74, 6) is -0.444. The van der Waals surface area contributed by atoms with Crippen molar-refractivity contribution in [3.05, 3.63) is 52.6 Å². The standard InChI is InChI=1S/C16H15N3O4/c1-10-5-6-12(22-2)11(8-10)18-14(20)9-19-15-13(23-16(19)21)4-3-7-17-15/h3-8H,9H2,1-2H3,(H,18,20). The Balaban J connectivity index is 1.86. The van der Waals surface area contributed by atoms with Crippen LogP contribution < -0.4 is 15.8 Å². The molecular weight excluding hydrogens is 298 g/mol. The van der Waals surface area contributed by atoms with E-state index in [1.807, 2.05) is 13.0 Å². The van der Waals surface area contributed by atoms with Gasteiger partial charge in [-0.3, -0.25) is 4.79 Å². The lowest BCUT2D eigenvalue weighted by atomic mass is 10.2. The molecule has 2 aromatic heterocycles. The fourth-order valence-electron chi connectivity index (χ4n) is 2.29. The average Bonchev–Trinajstić information content (AvgIpc) is 2.83. The second kappa shape index (κ2) is 5.96. The number of nitrogens with one attached hydrogen (secondary N) is 1. The summed E-state index contributed by atoms with van der Waals surface area (Å²) in [4.78, 5) is 28.2. The molecule has 1 aromatic carbocycles. The van der Waals surface area contributed by atoms with Gasteiger partial charge in [0.15, 0.2) is 11.2 Å². The molecule has 2 heterocycles. The first-order chi connectivity index (χ1) is 11.1. The maximum absolute atomic E-state index is 12.3. The molecule has 0 aliphatic rings. The lowest BCUT2D eigenvalue weighted by Crippen LogP contribution is -2.25. The first-order valence-corrected chi connectivity index (χ1v) is 6.97. The van der Waals surface area contributed by atoms with Crippen molar-refractivity contribution in [2.75, 3.05) is 12.4 Å². The maximum Gasteiger partial charge on any atom is 0.421 e. The average molecular weight is 313 g/mol. The highest BCUT2D eigenvalue weighted by Gasteiger charge is 2.14. The van der Waals surface area contributed by atoms with Crippen molar-refractivity contribution in [1.82, 2.24) is 9.55 Å². The van der Waals surface area contributed by atoms with Gasteiger partial charge in [-0.15, -0.1) is 0 Å². The Bertz CT molecular complexity index is 926. The Morgan fingerprint density at radius 1 is 1.39 bits per heavy atom. The number of benzene rings is 1. The van der Waals surface area contributed by atoms with Gasteiger partial charge in [0.25, 0.3) is 0 Å². The van der Waals surface area contributed by atoms with Crippen LogP contribution in [0.3, 0.4) is 0 Å². The topological polar surface area (TPSA) is 86.4 Å². The van der Waals surface area contributed by atoms with Crippen molar-refractivity contribution >= 4 is 22.8 Å². The van der Waals surface area contributed by atoms with Crippen molar-refractivity contribution in [2.24, 2.45) is 0 Å². The number of rotatable bonds is 4. The van der Waals surface area contributed by atoms with E-state index in [-0.39, 0.29) is 12.5 Å². The van der Waals surface area contributed by atoms with Gasteiger partial charge in [-0.2, -0.15) is 0 Å². The van der Waals surface area contributed by atoms with Crippen molar-refractivity contribution in [1.29, 1.82) is 0 Å². The van der Waals surface area contributed by atoms with E-state index in [4.69, 9.17) is 9.15 Å². The van der Waals surface area contributed by atoms with Crippen LogP contribution in [-0.2, 0) is 11.3 Å². The maximum atomic E-state index is 12.3. The molecule has 0 aliphatic heterocycles. The van der Waals surface area contributed by atoms with Gasteiger partial charge in [-0.1, -0.05) is 6.07 Å². The van der Waals surface area contributed by atoms with Crippen molar-refractivity contribution in [3.63, 3.8) is 0 Å². The molecule has 118 valence electrons. The largest absolute Gasteiger partial charge is 0.495 e. The van der Waals surface area contributed by atoms with Gasteiger partial charge in [-0.05, 0) is 36.8 Å². The number of carbonyl (C=O) groups excluding carboxylic acids is 1. The Kier molecular flexibility index (Phi) is 3.84. The number of ether oxygens (including phenoxy) is 1. The fourth-order valence-corrected chi connectivity index (χ4v) is 2.29. The molecule has 0 fully saturated rings. The molecule has 0 aliphatic carbocycles. The Hall–Kier alpha value is -3.09. The quantitative estimate of drug-likeness (QED) is 0.795. The van der Waals surface area contributed by atoms with Crippen LogP contribution in [0, 0.1) is 6.92 Å².